The van der Waals surface area contributed by atoms with Crippen LogP contribution in [-0.2, 0) is 6.54 Å². The standard InChI is InChI=1S/C20H21Cl2FN2O/c1-20(26)11-24(12-20)8-13-5-6-15(18(23)7-13)14-9-25(10-14)19-16(21)3-2-4-17(19)22/h2-7,14,26H,8-12H2,1H3. The lowest BCUT2D eigenvalue weighted by molar-refractivity contribution is -0.0871. The van der Waals surface area contributed by atoms with Crippen LogP contribution in [0, 0.1) is 5.82 Å². The average Bonchev–Trinajstić information content (AvgIpc) is 2.48. The average molecular weight is 395 g/mol. The van der Waals surface area contributed by atoms with Crippen LogP contribution < -0.4 is 4.90 Å². The minimum absolute atomic E-state index is 0.140. The summed E-state index contributed by atoms with van der Waals surface area (Å²) in [5, 5.41) is 11.0. The van der Waals surface area contributed by atoms with E-state index in [0.29, 0.717) is 42.8 Å². The van der Waals surface area contributed by atoms with Crippen LogP contribution in [0.5, 0.6) is 0 Å². The van der Waals surface area contributed by atoms with E-state index >= 15 is 0 Å². The van der Waals surface area contributed by atoms with Gasteiger partial charge in [0.15, 0.2) is 0 Å². The van der Waals surface area contributed by atoms with E-state index in [-0.39, 0.29) is 11.7 Å². The van der Waals surface area contributed by atoms with Crippen LogP contribution in [0.1, 0.15) is 24.0 Å². The molecule has 0 bridgehead atoms. The van der Waals surface area contributed by atoms with Gasteiger partial charge in [0, 0.05) is 38.6 Å². The first-order chi connectivity index (χ1) is 12.3. The molecule has 0 amide bonds. The number of anilines is 1. The Morgan fingerprint density at radius 2 is 1.81 bits per heavy atom. The zero-order valence-corrected chi connectivity index (χ0v) is 16.1. The summed E-state index contributed by atoms with van der Waals surface area (Å²) in [5.74, 6) is -0.0224. The number of hydrogen-bond donors (Lipinski definition) is 1. The molecule has 2 aromatic carbocycles. The van der Waals surface area contributed by atoms with Gasteiger partial charge in [-0.15, -0.1) is 0 Å². The van der Waals surface area contributed by atoms with E-state index in [1.807, 2.05) is 37.3 Å². The van der Waals surface area contributed by atoms with Crippen molar-refractivity contribution in [1.29, 1.82) is 0 Å². The minimum atomic E-state index is -0.603. The van der Waals surface area contributed by atoms with Crippen molar-refractivity contribution in [3.63, 3.8) is 0 Å². The first-order valence-corrected chi connectivity index (χ1v) is 9.50. The zero-order chi connectivity index (χ0) is 18.5. The molecule has 4 rings (SSSR count). The van der Waals surface area contributed by atoms with Gasteiger partial charge in [0.2, 0.25) is 0 Å². The third-order valence-electron chi connectivity index (χ3n) is 5.17. The molecule has 2 aliphatic heterocycles. The Kier molecular flexibility index (Phi) is 4.64. The Balaban J connectivity index is 1.40. The van der Waals surface area contributed by atoms with Gasteiger partial charge in [-0.3, -0.25) is 4.90 Å². The predicted octanol–water partition coefficient (Wildman–Crippen LogP) is 4.30. The number of likely N-dealkylation sites (tertiary alicyclic amines) is 1. The first kappa shape index (κ1) is 18.1. The smallest absolute Gasteiger partial charge is 0.127 e. The monoisotopic (exact) mass is 394 g/mol. The van der Waals surface area contributed by atoms with Crippen molar-refractivity contribution >= 4 is 28.9 Å². The summed E-state index contributed by atoms with van der Waals surface area (Å²) in [4.78, 5) is 4.20. The second-order valence-electron chi connectivity index (χ2n) is 7.67. The molecule has 2 fully saturated rings. The number of benzene rings is 2. The largest absolute Gasteiger partial charge is 0.388 e. The Morgan fingerprint density at radius 1 is 1.15 bits per heavy atom. The number of β-amino-alcohol motifs (C(OH)–C–C–N with tert-alkyl or cyclic N) is 1. The first-order valence-electron chi connectivity index (χ1n) is 8.74. The Hall–Kier alpha value is -1.33. The van der Waals surface area contributed by atoms with Crippen LogP contribution in [0.4, 0.5) is 10.1 Å². The fourth-order valence-corrected chi connectivity index (χ4v) is 4.57. The highest BCUT2D eigenvalue weighted by Gasteiger charge is 2.36. The van der Waals surface area contributed by atoms with Crippen molar-refractivity contribution in [3.05, 3.63) is 63.4 Å². The molecule has 3 nitrogen and oxygen atoms in total. The summed E-state index contributed by atoms with van der Waals surface area (Å²) in [6.45, 7) is 5.16. The van der Waals surface area contributed by atoms with E-state index in [1.54, 1.807) is 6.07 Å². The lowest BCUT2D eigenvalue weighted by atomic mass is 9.89. The molecule has 0 unspecified atom stereocenters. The van der Waals surface area contributed by atoms with E-state index in [9.17, 15) is 9.50 Å². The summed E-state index contributed by atoms with van der Waals surface area (Å²) in [5.41, 5.74) is 1.90. The van der Waals surface area contributed by atoms with E-state index in [1.165, 1.54) is 0 Å². The molecule has 0 saturated carbocycles. The van der Waals surface area contributed by atoms with Gasteiger partial charge in [-0.25, -0.2) is 4.39 Å². The highest BCUT2D eigenvalue weighted by molar-refractivity contribution is 6.39. The maximum Gasteiger partial charge on any atom is 0.127 e. The Labute approximate surface area is 162 Å². The molecule has 0 aromatic heterocycles. The minimum Gasteiger partial charge on any atom is -0.388 e. The van der Waals surface area contributed by atoms with E-state index in [0.717, 1.165) is 16.8 Å². The van der Waals surface area contributed by atoms with Crippen LogP contribution in [0.2, 0.25) is 10.0 Å². The Morgan fingerprint density at radius 3 is 2.38 bits per heavy atom. The van der Waals surface area contributed by atoms with E-state index < -0.39 is 5.60 Å². The predicted molar refractivity (Wildman–Crippen MR) is 104 cm³/mol. The summed E-state index contributed by atoms with van der Waals surface area (Å²) >= 11 is 12.5. The normalized spacial score (nSPS) is 20.0. The van der Waals surface area contributed by atoms with Crippen LogP contribution in [-0.4, -0.2) is 41.8 Å². The van der Waals surface area contributed by atoms with Crippen LogP contribution >= 0.6 is 23.2 Å². The van der Waals surface area contributed by atoms with Crippen molar-refractivity contribution < 1.29 is 9.50 Å². The SMILES string of the molecule is CC1(O)CN(Cc2ccc(C3CN(c4c(Cl)cccc4Cl)C3)c(F)c2)C1. The number of para-hydroxylation sites is 1. The fraction of sp³-hybridized carbons (Fsp3) is 0.400. The molecular weight excluding hydrogens is 374 g/mol. The van der Waals surface area contributed by atoms with Crippen molar-refractivity contribution in [2.24, 2.45) is 0 Å². The second-order valence-corrected chi connectivity index (χ2v) is 8.48. The van der Waals surface area contributed by atoms with Gasteiger partial charge < -0.3 is 10.0 Å². The molecule has 2 aliphatic rings. The van der Waals surface area contributed by atoms with E-state index in [2.05, 4.69) is 9.80 Å². The molecule has 0 radical (unpaired) electrons. The molecule has 0 atom stereocenters. The zero-order valence-electron chi connectivity index (χ0n) is 14.6. The molecule has 26 heavy (non-hydrogen) atoms. The van der Waals surface area contributed by atoms with Crippen LogP contribution in [0.15, 0.2) is 36.4 Å². The number of hydrogen-bond acceptors (Lipinski definition) is 3. The summed E-state index contributed by atoms with van der Waals surface area (Å²) in [6.07, 6.45) is 0. The maximum absolute atomic E-state index is 14.6. The molecule has 2 saturated heterocycles. The van der Waals surface area contributed by atoms with E-state index in [4.69, 9.17) is 23.2 Å². The molecule has 1 N–H and O–H groups in total. The second kappa shape index (κ2) is 6.68. The molecular formula is C20H21Cl2FN2O. The third kappa shape index (κ3) is 3.44. The van der Waals surface area contributed by atoms with Crippen molar-refractivity contribution in [3.8, 4) is 0 Å². The highest BCUT2D eigenvalue weighted by atomic mass is 35.5. The molecule has 0 spiro atoms. The number of rotatable bonds is 4. The van der Waals surface area contributed by atoms with Crippen LogP contribution in [0.25, 0.3) is 0 Å². The summed E-state index contributed by atoms with van der Waals surface area (Å²) in [6, 6.07) is 10.9. The highest BCUT2D eigenvalue weighted by Crippen LogP contribution is 2.40. The molecule has 0 aliphatic carbocycles. The number of halogens is 3. The van der Waals surface area contributed by atoms with Gasteiger partial charge in [0.25, 0.3) is 0 Å². The van der Waals surface area contributed by atoms with Gasteiger partial charge in [-0.05, 0) is 36.2 Å². The van der Waals surface area contributed by atoms with Gasteiger partial charge >= 0.3 is 0 Å². The lowest BCUT2D eigenvalue weighted by Gasteiger charge is -2.44. The molecule has 6 heteroatoms. The molecule has 138 valence electrons. The molecule has 2 aromatic rings. The number of nitrogens with zero attached hydrogens (tertiary/aromatic N) is 2. The lowest BCUT2D eigenvalue weighted by Crippen LogP contribution is -2.59. The van der Waals surface area contributed by atoms with Crippen molar-refractivity contribution in [1.82, 2.24) is 4.90 Å². The summed E-state index contributed by atoms with van der Waals surface area (Å²) < 4.78 is 14.6. The van der Waals surface area contributed by atoms with Crippen LogP contribution in [0.3, 0.4) is 0 Å². The van der Waals surface area contributed by atoms with Gasteiger partial charge in [-0.2, -0.15) is 0 Å². The maximum atomic E-state index is 14.6. The topological polar surface area (TPSA) is 26.7 Å². The van der Waals surface area contributed by atoms with Gasteiger partial charge in [0.1, 0.15) is 5.82 Å². The number of aliphatic hydroxyl groups is 1. The van der Waals surface area contributed by atoms with Gasteiger partial charge in [0.05, 0.1) is 21.3 Å². The third-order valence-corrected chi connectivity index (χ3v) is 5.78. The van der Waals surface area contributed by atoms with Crippen molar-refractivity contribution in [2.75, 3.05) is 31.1 Å². The summed E-state index contributed by atoms with van der Waals surface area (Å²) in [7, 11) is 0. The molecule has 2 heterocycles. The quantitative estimate of drug-likeness (QED) is 0.836. The van der Waals surface area contributed by atoms with Gasteiger partial charge in [-0.1, -0.05) is 41.4 Å². The fourth-order valence-electron chi connectivity index (χ4n) is 3.94. The van der Waals surface area contributed by atoms with Crippen molar-refractivity contribution in [2.45, 2.75) is 25.0 Å². The Bertz CT molecular complexity index is 808.